The minimum absolute atomic E-state index is 0.668. The third kappa shape index (κ3) is 3.08. The molecule has 90 valence electrons. The first-order valence-corrected chi connectivity index (χ1v) is 6.55. The molecule has 0 radical (unpaired) electrons. The van der Waals surface area contributed by atoms with Crippen LogP contribution < -0.4 is 0 Å². The molecule has 0 aliphatic carbocycles. The van der Waals surface area contributed by atoms with Crippen LogP contribution in [0.4, 0.5) is 0 Å². The lowest BCUT2D eigenvalue weighted by atomic mass is 10.2. The van der Waals surface area contributed by atoms with Crippen LogP contribution in [0, 0.1) is 18.3 Å². The molecule has 3 nitrogen and oxygen atoms in total. The Morgan fingerprint density at radius 1 is 1.28 bits per heavy atom. The third-order valence-corrected chi connectivity index (χ3v) is 3.32. The fourth-order valence-electron chi connectivity index (χ4n) is 1.58. The highest BCUT2D eigenvalue weighted by molar-refractivity contribution is 7.99. The molecular weight excluding hydrogens is 242 g/mol. The lowest BCUT2D eigenvalue weighted by Crippen LogP contribution is -1.95. The topological polar surface area (TPSA) is 49.6 Å². The number of aryl methyl sites for hydroxylation is 2. The maximum atomic E-state index is 8.87. The Balaban J connectivity index is 2.28. The molecule has 0 spiro atoms. The summed E-state index contributed by atoms with van der Waals surface area (Å²) in [7, 11) is 0. The van der Waals surface area contributed by atoms with Crippen LogP contribution in [0.1, 0.15) is 24.0 Å². The summed E-state index contributed by atoms with van der Waals surface area (Å²) >= 11 is 1.56. The zero-order valence-corrected chi connectivity index (χ0v) is 11.2. The molecule has 1 aromatic heterocycles. The molecule has 0 aliphatic rings. The molecule has 0 fully saturated rings. The quantitative estimate of drug-likeness (QED) is 0.789. The highest BCUT2D eigenvalue weighted by atomic mass is 32.2. The van der Waals surface area contributed by atoms with Gasteiger partial charge in [0, 0.05) is 10.6 Å². The average molecular weight is 255 g/mol. The van der Waals surface area contributed by atoms with Crippen LogP contribution in [-0.2, 0) is 6.42 Å². The fraction of sp³-hybridized carbons (Fsp3) is 0.214. The smallest absolute Gasteiger partial charge is 0.126 e. The van der Waals surface area contributed by atoms with Crippen molar-refractivity contribution in [2.45, 2.75) is 30.2 Å². The van der Waals surface area contributed by atoms with Gasteiger partial charge in [-0.2, -0.15) is 5.26 Å². The van der Waals surface area contributed by atoms with Gasteiger partial charge in [-0.1, -0.05) is 24.8 Å². The van der Waals surface area contributed by atoms with Gasteiger partial charge < -0.3 is 0 Å². The van der Waals surface area contributed by atoms with E-state index in [2.05, 4.69) is 23.0 Å². The van der Waals surface area contributed by atoms with Crippen LogP contribution in [0.15, 0.2) is 40.3 Å². The molecule has 0 saturated heterocycles. The Kier molecular flexibility index (Phi) is 3.96. The van der Waals surface area contributed by atoms with E-state index in [1.165, 1.54) is 0 Å². The largest absolute Gasteiger partial charge is 0.238 e. The molecule has 1 heterocycles. The van der Waals surface area contributed by atoms with Crippen LogP contribution in [0.2, 0.25) is 0 Å². The monoisotopic (exact) mass is 255 g/mol. The third-order valence-electron chi connectivity index (χ3n) is 2.42. The molecule has 0 unspecified atom stereocenters. The Hall–Kier alpha value is -1.86. The standard InChI is InChI=1S/C14H13N3S/c1-3-12-8-14(17-10(2)16-12)18-13-6-4-5-11(7-13)9-15/h4-8H,3H2,1-2H3. The molecule has 0 amide bonds. The van der Waals surface area contributed by atoms with Crippen molar-refractivity contribution in [2.24, 2.45) is 0 Å². The second-order valence-electron chi connectivity index (χ2n) is 3.84. The van der Waals surface area contributed by atoms with Gasteiger partial charge in [-0.3, -0.25) is 0 Å². The molecule has 1 aromatic carbocycles. The van der Waals surface area contributed by atoms with Crippen molar-refractivity contribution < 1.29 is 0 Å². The summed E-state index contributed by atoms with van der Waals surface area (Å²) in [4.78, 5) is 9.77. The van der Waals surface area contributed by atoms with Crippen LogP contribution in [-0.4, -0.2) is 9.97 Å². The van der Waals surface area contributed by atoms with Gasteiger partial charge in [0.15, 0.2) is 0 Å². The van der Waals surface area contributed by atoms with Crippen molar-refractivity contribution in [1.29, 1.82) is 5.26 Å². The van der Waals surface area contributed by atoms with Gasteiger partial charge in [-0.05, 0) is 37.6 Å². The minimum atomic E-state index is 0.668. The van der Waals surface area contributed by atoms with Gasteiger partial charge >= 0.3 is 0 Å². The summed E-state index contributed by atoms with van der Waals surface area (Å²) < 4.78 is 0. The number of aromatic nitrogens is 2. The van der Waals surface area contributed by atoms with E-state index in [1.54, 1.807) is 17.8 Å². The van der Waals surface area contributed by atoms with E-state index in [4.69, 9.17) is 5.26 Å². The van der Waals surface area contributed by atoms with Crippen molar-refractivity contribution in [3.05, 3.63) is 47.4 Å². The van der Waals surface area contributed by atoms with Crippen molar-refractivity contribution in [1.82, 2.24) is 9.97 Å². The second-order valence-corrected chi connectivity index (χ2v) is 4.93. The first-order chi connectivity index (χ1) is 8.71. The van der Waals surface area contributed by atoms with Crippen molar-refractivity contribution in [2.75, 3.05) is 0 Å². The number of hydrogen-bond acceptors (Lipinski definition) is 4. The molecule has 0 bridgehead atoms. The van der Waals surface area contributed by atoms with Gasteiger partial charge in [0.2, 0.25) is 0 Å². The second kappa shape index (κ2) is 5.65. The van der Waals surface area contributed by atoms with Crippen LogP contribution in [0.25, 0.3) is 0 Å². The molecular formula is C14H13N3S. The first kappa shape index (κ1) is 12.6. The van der Waals surface area contributed by atoms with E-state index in [1.807, 2.05) is 31.2 Å². The van der Waals surface area contributed by atoms with E-state index in [0.29, 0.717) is 5.56 Å². The summed E-state index contributed by atoms with van der Waals surface area (Å²) in [6.45, 7) is 3.97. The maximum Gasteiger partial charge on any atom is 0.126 e. The fourth-order valence-corrected chi connectivity index (χ4v) is 2.53. The van der Waals surface area contributed by atoms with E-state index in [-0.39, 0.29) is 0 Å². The summed E-state index contributed by atoms with van der Waals surface area (Å²) in [6, 6.07) is 11.7. The number of hydrogen-bond donors (Lipinski definition) is 0. The van der Waals surface area contributed by atoms with Crippen molar-refractivity contribution in [3.63, 3.8) is 0 Å². The number of nitrogens with zero attached hydrogens (tertiary/aromatic N) is 3. The molecule has 18 heavy (non-hydrogen) atoms. The maximum absolute atomic E-state index is 8.87. The SMILES string of the molecule is CCc1cc(Sc2cccc(C#N)c2)nc(C)n1. The molecule has 0 atom stereocenters. The number of nitriles is 1. The zero-order chi connectivity index (χ0) is 13.0. The van der Waals surface area contributed by atoms with Crippen molar-refractivity contribution in [3.8, 4) is 6.07 Å². The molecule has 2 rings (SSSR count). The van der Waals surface area contributed by atoms with Crippen LogP contribution >= 0.6 is 11.8 Å². The number of rotatable bonds is 3. The Morgan fingerprint density at radius 2 is 2.11 bits per heavy atom. The predicted octanol–water partition coefficient (Wildman–Crippen LogP) is 3.37. The molecule has 2 aromatic rings. The lowest BCUT2D eigenvalue weighted by molar-refractivity contribution is 0.896. The van der Waals surface area contributed by atoms with Gasteiger partial charge in [0.25, 0.3) is 0 Å². The summed E-state index contributed by atoms with van der Waals surface area (Å²) in [5, 5.41) is 9.79. The summed E-state index contributed by atoms with van der Waals surface area (Å²) in [6.07, 6.45) is 0.898. The number of benzene rings is 1. The van der Waals surface area contributed by atoms with Gasteiger partial charge in [0.05, 0.1) is 11.6 Å². The molecule has 0 aliphatic heterocycles. The van der Waals surface area contributed by atoms with Gasteiger partial charge in [-0.25, -0.2) is 9.97 Å². The zero-order valence-electron chi connectivity index (χ0n) is 10.3. The molecule has 4 heteroatoms. The predicted molar refractivity (Wildman–Crippen MR) is 71.4 cm³/mol. The van der Waals surface area contributed by atoms with Crippen LogP contribution in [0.5, 0.6) is 0 Å². The normalized spacial score (nSPS) is 10.1. The van der Waals surface area contributed by atoms with E-state index >= 15 is 0 Å². The average Bonchev–Trinajstić information content (AvgIpc) is 2.38. The van der Waals surface area contributed by atoms with E-state index in [9.17, 15) is 0 Å². The molecule has 0 saturated carbocycles. The van der Waals surface area contributed by atoms with E-state index < -0.39 is 0 Å². The highest BCUT2D eigenvalue weighted by Gasteiger charge is 2.03. The highest BCUT2D eigenvalue weighted by Crippen LogP contribution is 2.27. The molecule has 0 N–H and O–H groups in total. The minimum Gasteiger partial charge on any atom is -0.238 e. The Morgan fingerprint density at radius 3 is 2.83 bits per heavy atom. The van der Waals surface area contributed by atoms with Crippen LogP contribution in [0.3, 0.4) is 0 Å². The summed E-state index contributed by atoms with van der Waals surface area (Å²) in [5.74, 6) is 0.785. The van der Waals surface area contributed by atoms with Crippen molar-refractivity contribution >= 4 is 11.8 Å². The Bertz CT molecular complexity index is 602. The summed E-state index contributed by atoms with van der Waals surface area (Å²) in [5.41, 5.74) is 1.71. The lowest BCUT2D eigenvalue weighted by Gasteiger charge is -2.04. The first-order valence-electron chi connectivity index (χ1n) is 5.74. The van der Waals surface area contributed by atoms with E-state index in [0.717, 1.165) is 27.9 Å². The Labute approximate surface area is 111 Å². The van der Waals surface area contributed by atoms with Gasteiger partial charge in [-0.15, -0.1) is 0 Å². The van der Waals surface area contributed by atoms with Gasteiger partial charge in [0.1, 0.15) is 10.9 Å².